The Morgan fingerprint density at radius 3 is 2.84 bits per heavy atom. The van der Waals surface area contributed by atoms with Gasteiger partial charge in [0, 0.05) is 29.4 Å². The van der Waals surface area contributed by atoms with Crippen LogP contribution < -0.4 is 16.0 Å². The van der Waals surface area contributed by atoms with Crippen LogP contribution in [0.15, 0.2) is 66.0 Å². The Balaban J connectivity index is 1.67. The van der Waals surface area contributed by atoms with Gasteiger partial charge in [-0.15, -0.1) is 0 Å². The summed E-state index contributed by atoms with van der Waals surface area (Å²) in [5, 5.41) is 4.94. The number of rotatable bonds is 3. The molecule has 1 aliphatic rings. The first kappa shape index (κ1) is 19.3. The molecule has 0 aliphatic carbocycles. The Bertz CT molecular complexity index is 1350. The van der Waals surface area contributed by atoms with Crippen LogP contribution in [0.25, 0.3) is 10.8 Å². The summed E-state index contributed by atoms with van der Waals surface area (Å²) in [4.78, 5) is 15.2. The molecule has 0 saturated heterocycles. The number of halogens is 2. The van der Waals surface area contributed by atoms with Gasteiger partial charge in [0.25, 0.3) is 0 Å². The molecule has 1 aliphatic heterocycles. The summed E-state index contributed by atoms with van der Waals surface area (Å²) in [6, 6.07) is 12.7. The molecule has 0 saturated carbocycles. The number of aliphatic imine (C=N–C) groups is 1. The zero-order valence-corrected chi connectivity index (χ0v) is 17.4. The number of nitrogens with one attached hydrogen (secondary N) is 1. The van der Waals surface area contributed by atoms with Gasteiger partial charge in [-0.2, -0.15) is 0 Å². The monoisotopic (exact) mass is 432 g/mol. The normalized spacial score (nSPS) is 13.1. The molecule has 0 radical (unpaired) electrons. The van der Waals surface area contributed by atoms with Crippen LogP contribution >= 0.6 is 11.6 Å². The number of hydrogen-bond acceptors (Lipinski definition) is 6. The fourth-order valence-corrected chi connectivity index (χ4v) is 4.03. The molecule has 31 heavy (non-hydrogen) atoms. The molecular formula is C23H18ClFN6. The van der Waals surface area contributed by atoms with E-state index in [1.54, 1.807) is 30.7 Å². The lowest BCUT2D eigenvalue weighted by Gasteiger charge is -2.31. The van der Waals surface area contributed by atoms with E-state index in [1.165, 1.54) is 6.07 Å². The number of hydrogen-bond donors (Lipinski definition) is 2. The molecular weight excluding hydrogens is 415 g/mol. The lowest BCUT2D eigenvalue weighted by Crippen LogP contribution is -2.30. The number of fused-ring (bicyclic) bond motifs is 2. The van der Waals surface area contributed by atoms with Crippen molar-refractivity contribution in [2.45, 2.75) is 6.92 Å². The lowest BCUT2D eigenvalue weighted by molar-refractivity contribution is 0.632. The van der Waals surface area contributed by atoms with Crippen molar-refractivity contribution < 1.29 is 4.39 Å². The average molecular weight is 433 g/mol. The number of aryl methyl sites for hydroxylation is 1. The number of nitrogens with two attached hydrogens (primary N) is 1. The number of benzene rings is 2. The fourth-order valence-electron chi connectivity index (χ4n) is 3.85. The highest BCUT2D eigenvalue weighted by Gasteiger charge is 2.23. The van der Waals surface area contributed by atoms with Gasteiger partial charge in [0.05, 0.1) is 27.6 Å². The molecule has 154 valence electrons. The van der Waals surface area contributed by atoms with Crippen molar-refractivity contribution in [2.24, 2.45) is 10.7 Å². The molecule has 6 nitrogen and oxygen atoms in total. The third kappa shape index (κ3) is 3.23. The molecule has 4 aromatic rings. The van der Waals surface area contributed by atoms with E-state index in [4.69, 9.17) is 17.3 Å². The van der Waals surface area contributed by atoms with Gasteiger partial charge in [-0.3, -0.25) is 4.98 Å². The summed E-state index contributed by atoms with van der Waals surface area (Å²) in [6.45, 7) is 2.43. The van der Waals surface area contributed by atoms with E-state index >= 15 is 0 Å². The quantitative estimate of drug-likeness (QED) is 0.460. The van der Waals surface area contributed by atoms with E-state index in [0.717, 1.165) is 33.3 Å². The van der Waals surface area contributed by atoms with Crippen LogP contribution in [0.3, 0.4) is 0 Å². The van der Waals surface area contributed by atoms with Crippen LogP contribution in [-0.4, -0.2) is 22.5 Å². The number of amidine groups is 1. The highest BCUT2D eigenvalue weighted by molar-refractivity contribution is 6.31. The van der Waals surface area contributed by atoms with Crippen molar-refractivity contribution in [2.75, 3.05) is 16.9 Å². The predicted octanol–water partition coefficient (Wildman–Crippen LogP) is 5.29. The molecule has 8 heteroatoms. The molecule has 0 unspecified atom stereocenters. The van der Waals surface area contributed by atoms with Gasteiger partial charge in [-0.05, 0) is 36.8 Å². The minimum absolute atomic E-state index is 0.0516. The first-order valence-corrected chi connectivity index (χ1v) is 10.0. The van der Waals surface area contributed by atoms with Gasteiger partial charge in [0.2, 0.25) is 0 Å². The molecule has 0 atom stereocenters. The van der Waals surface area contributed by atoms with Crippen LogP contribution in [0, 0.1) is 12.7 Å². The van der Waals surface area contributed by atoms with Crippen molar-refractivity contribution in [1.29, 1.82) is 0 Å². The van der Waals surface area contributed by atoms with Crippen molar-refractivity contribution in [1.82, 2.24) is 9.97 Å². The molecule has 2 aromatic heterocycles. The summed E-state index contributed by atoms with van der Waals surface area (Å²) in [5.41, 5.74) is 10.1. The van der Waals surface area contributed by atoms with E-state index in [-0.39, 0.29) is 10.7 Å². The van der Waals surface area contributed by atoms with Crippen molar-refractivity contribution in [3.63, 3.8) is 0 Å². The van der Waals surface area contributed by atoms with Gasteiger partial charge in [0.15, 0.2) is 5.82 Å². The Kier molecular flexibility index (Phi) is 4.67. The average Bonchev–Trinajstić information content (AvgIpc) is 2.78. The van der Waals surface area contributed by atoms with Crippen LogP contribution in [-0.2, 0) is 0 Å². The fraction of sp³-hybridized carbons (Fsp3) is 0.0870. The van der Waals surface area contributed by atoms with Gasteiger partial charge in [0.1, 0.15) is 18.3 Å². The summed E-state index contributed by atoms with van der Waals surface area (Å²) < 4.78 is 14.5. The molecule has 0 bridgehead atoms. The second-order valence-electron chi connectivity index (χ2n) is 7.22. The third-order valence-corrected chi connectivity index (χ3v) is 5.63. The van der Waals surface area contributed by atoms with Crippen LogP contribution in [0.5, 0.6) is 0 Å². The highest BCUT2D eigenvalue weighted by atomic mass is 35.5. The zero-order chi connectivity index (χ0) is 21.5. The maximum absolute atomic E-state index is 14.5. The van der Waals surface area contributed by atoms with Crippen molar-refractivity contribution in [3.05, 3.63) is 83.0 Å². The molecule has 3 heterocycles. The second kappa shape index (κ2) is 7.52. The van der Waals surface area contributed by atoms with Crippen LogP contribution in [0.4, 0.5) is 27.3 Å². The SMILES string of the molecule is Cc1ccc2c(Nc3cccc(Cl)c3F)nccc2c1N1CN=C(N)c2cnccc21. The summed E-state index contributed by atoms with van der Waals surface area (Å²) in [7, 11) is 0. The molecule has 3 N–H and O–H groups in total. The summed E-state index contributed by atoms with van der Waals surface area (Å²) in [6.07, 6.45) is 5.16. The van der Waals surface area contributed by atoms with Gasteiger partial charge >= 0.3 is 0 Å². The maximum atomic E-state index is 14.5. The first-order valence-electron chi connectivity index (χ1n) is 9.66. The lowest BCUT2D eigenvalue weighted by atomic mass is 10.0. The number of pyridine rings is 2. The number of aromatic nitrogens is 2. The van der Waals surface area contributed by atoms with E-state index in [1.807, 2.05) is 31.2 Å². The summed E-state index contributed by atoms with van der Waals surface area (Å²) >= 11 is 5.94. The first-order chi connectivity index (χ1) is 15.0. The number of anilines is 4. The van der Waals surface area contributed by atoms with E-state index in [2.05, 4.69) is 25.2 Å². The standard InChI is InChI=1S/C23H18ClFN6/c1-13-5-6-15-14(7-10-28-23(15)30-18-4-2-3-17(24)20(18)25)21(13)31-12-29-22(26)16-11-27-9-8-19(16)31/h2-11H,12H2,1H3,(H2,26,29)(H,28,30). The smallest absolute Gasteiger partial charge is 0.165 e. The third-order valence-electron chi connectivity index (χ3n) is 5.34. The Labute approximate surface area is 183 Å². The molecule has 5 rings (SSSR count). The maximum Gasteiger partial charge on any atom is 0.165 e. The van der Waals surface area contributed by atoms with E-state index in [0.29, 0.717) is 18.3 Å². The Hall–Kier alpha value is -3.71. The Morgan fingerprint density at radius 2 is 1.97 bits per heavy atom. The molecule has 2 aromatic carbocycles. The van der Waals surface area contributed by atoms with Gasteiger partial charge in [-0.25, -0.2) is 14.4 Å². The molecule has 0 fully saturated rings. The van der Waals surface area contributed by atoms with E-state index < -0.39 is 5.82 Å². The second-order valence-corrected chi connectivity index (χ2v) is 7.62. The molecule has 0 amide bonds. The van der Waals surface area contributed by atoms with Gasteiger partial charge < -0.3 is 16.0 Å². The van der Waals surface area contributed by atoms with Gasteiger partial charge in [-0.1, -0.05) is 29.8 Å². The number of nitrogens with zero attached hydrogens (tertiary/aromatic N) is 4. The van der Waals surface area contributed by atoms with E-state index in [9.17, 15) is 4.39 Å². The largest absolute Gasteiger partial charge is 0.383 e. The minimum atomic E-state index is -0.516. The van der Waals surface area contributed by atoms with Crippen LogP contribution in [0.2, 0.25) is 5.02 Å². The zero-order valence-electron chi connectivity index (χ0n) is 16.6. The van der Waals surface area contributed by atoms with Crippen molar-refractivity contribution >= 4 is 51.1 Å². The Morgan fingerprint density at radius 1 is 1.10 bits per heavy atom. The minimum Gasteiger partial charge on any atom is -0.383 e. The molecule has 0 spiro atoms. The summed E-state index contributed by atoms with van der Waals surface area (Å²) in [5.74, 6) is 0.491. The topological polar surface area (TPSA) is 79.4 Å². The highest BCUT2D eigenvalue weighted by Crippen LogP contribution is 2.40. The van der Waals surface area contributed by atoms with Crippen molar-refractivity contribution in [3.8, 4) is 0 Å². The van der Waals surface area contributed by atoms with Crippen LogP contribution in [0.1, 0.15) is 11.1 Å². The predicted molar refractivity (Wildman–Crippen MR) is 123 cm³/mol.